The lowest BCUT2D eigenvalue weighted by Gasteiger charge is -2.33. The molecule has 1 saturated heterocycles. The van der Waals surface area contributed by atoms with Crippen LogP contribution in [-0.2, 0) is 0 Å². The molecule has 0 amide bonds. The van der Waals surface area contributed by atoms with Crippen LogP contribution in [0, 0.1) is 5.92 Å². The summed E-state index contributed by atoms with van der Waals surface area (Å²) in [6.45, 7) is 3.10. The Balaban J connectivity index is 2.13. The Hall–Kier alpha value is -1.75. The van der Waals surface area contributed by atoms with Gasteiger partial charge in [-0.1, -0.05) is 0 Å². The summed E-state index contributed by atoms with van der Waals surface area (Å²) in [5.41, 5.74) is 1.05. The molecule has 116 valence electrons. The molecule has 1 aromatic rings. The van der Waals surface area contributed by atoms with Gasteiger partial charge in [-0.05, 0) is 51.0 Å². The average molecular weight is 292 g/mol. The molecule has 1 fully saturated rings. The molecule has 0 unspecified atom stereocenters. The normalized spacial score (nSPS) is 16.7. The monoisotopic (exact) mass is 292 g/mol. The molecular weight excluding hydrogens is 268 g/mol. The third kappa shape index (κ3) is 3.88. The first-order valence-electron chi connectivity index (χ1n) is 7.32. The summed E-state index contributed by atoms with van der Waals surface area (Å²) >= 11 is 0. The molecular formula is C16H24N2O3. The second-order valence-corrected chi connectivity index (χ2v) is 5.82. The quantitative estimate of drug-likeness (QED) is 0.901. The largest absolute Gasteiger partial charge is 0.497 e. The molecule has 0 spiro atoms. The summed E-state index contributed by atoms with van der Waals surface area (Å²) in [5, 5.41) is 9.34. The predicted octanol–water partition coefficient (Wildman–Crippen LogP) is 2.17. The maximum Gasteiger partial charge on any atom is 0.337 e. The molecule has 1 aromatic carbocycles. The van der Waals surface area contributed by atoms with E-state index in [0.717, 1.165) is 38.2 Å². The number of hydrogen-bond acceptors (Lipinski definition) is 4. The van der Waals surface area contributed by atoms with Crippen LogP contribution in [0.3, 0.4) is 0 Å². The molecule has 1 aliphatic rings. The minimum Gasteiger partial charge on any atom is -0.497 e. The fourth-order valence-corrected chi connectivity index (χ4v) is 2.87. The van der Waals surface area contributed by atoms with Crippen molar-refractivity contribution in [2.24, 2.45) is 5.92 Å². The Labute approximate surface area is 126 Å². The zero-order chi connectivity index (χ0) is 15.4. The van der Waals surface area contributed by atoms with Crippen molar-refractivity contribution in [3.05, 3.63) is 23.8 Å². The number of rotatable bonds is 5. The molecule has 5 nitrogen and oxygen atoms in total. The smallest absolute Gasteiger partial charge is 0.337 e. The maximum absolute atomic E-state index is 11.4. The van der Waals surface area contributed by atoms with Crippen LogP contribution < -0.4 is 9.64 Å². The third-order valence-corrected chi connectivity index (χ3v) is 4.22. The topological polar surface area (TPSA) is 53.0 Å². The van der Waals surface area contributed by atoms with E-state index in [1.54, 1.807) is 25.3 Å². The van der Waals surface area contributed by atoms with Crippen molar-refractivity contribution in [3.8, 4) is 5.75 Å². The van der Waals surface area contributed by atoms with Crippen LogP contribution in [0.5, 0.6) is 5.75 Å². The number of benzene rings is 1. The van der Waals surface area contributed by atoms with Gasteiger partial charge in [-0.3, -0.25) is 0 Å². The Morgan fingerprint density at radius 1 is 1.43 bits per heavy atom. The highest BCUT2D eigenvalue weighted by molar-refractivity contribution is 5.94. The van der Waals surface area contributed by atoms with Crippen LogP contribution in [0.4, 0.5) is 5.69 Å². The second kappa shape index (κ2) is 6.80. The Bertz CT molecular complexity index is 496. The van der Waals surface area contributed by atoms with Gasteiger partial charge < -0.3 is 19.6 Å². The van der Waals surface area contributed by atoms with Crippen molar-refractivity contribution in [3.63, 3.8) is 0 Å². The predicted molar refractivity (Wildman–Crippen MR) is 83.4 cm³/mol. The van der Waals surface area contributed by atoms with Gasteiger partial charge >= 0.3 is 5.97 Å². The Morgan fingerprint density at radius 3 is 2.67 bits per heavy atom. The van der Waals surface area contributed by atoms with Crippen molar-refractivity contribution < 1.29 is 14.6 Å². The third-order valence-electron chi connectivity index (χ3n) is 4.22. The number of aromatic carboxylic acids is 1. The van der Waals surface area contributed by atoms with Gasteiger partial charge in [0.1, 0.15) is 5.75 Å². The minimum atomic E-state index is -0.900. The fourth-order valence-electron chi connectivity index (χ4n) is 2.87. The standard InChI is InChI=1S/C16H24N2O3/c1-17-8-6-12(7-9-17)11-18(2)15-10-13(21-3)4-5-14(15)16(19)20/h4-5,10,12H,6-9,11H2,1-3H3,(H,19,20). The summed E-state index contributed by atoms with van der Waals surface area (Å²) in [7, 11) is 5.70. The number of anilines is 1. The molecule has 1 N–H and O–H groups in total. The molecule has 0 atom stereocenters. The Morgan fingerprint density at radius 2 is 2.10 bits per heavy atom. The highest BCUT2D eigenvalue weighted by atomic mass is 16.5. The molecule has 1 aliphatic heterocycles. The zero-order valence-electron chi connectivity index (χ0n) is 13.0. The van der Waals surface area contributed by atoms with E-state index >= 15 is 0 Å². The number of carboxylic acids is 1. The first-order valence-corrected chi connectivity index (χ1v) is 7.32. The molecule has 0 aliphatic carbocycles. The van der Waals surface area contributed by atoms with Gasteiger partial charge in [0, 0.05) is 19.7 Å². The van der Waals surface area contributed by atoms with Gasteiger partial charge in [-0.15, -0.1) is 0 Å². The van der Waals surface area contributed by atoms with Gasteiger partial charge in [0.05, 0.1) is 18.4 Å². The van der Waals surface area contributed by atoms with Crippen molar-refractivity contribution in [2.75, 3.05) is 45.7 Å². The molecule has 0 bridgehead atoms. The van der Waals surface area contributed by atoms with Crippen molar-refractivity contribution in [1.29, 1.82) is 0 Å². The number of carboxylic acid groups (broad SMARTS) is 1. The number of likely N-dealkylation sites (tertiary alicyclic amines) is 1. The van der Waals surface area contributed by atoms with Gasteiger partial charge in [0.25, 0.3) is 0 Å². The summed E-state index contributed by atoms with van der Waals surface area (Å²) in [6.07, 6.45) is 2.32. The van der Waals surface area contributed by atoms with E-state index < -0.39 is 5.97 Å². The molecule has 2 rings (SSSR count). The number of carbonyl (C=O) groups is 1. The lowest BCUT2D eigenvalue weighted by Crippen LogP contribution is -2.36. The second-order valence-electron chi connectivity index (χ2n) is 5.82. The van der Waals surface area contributed by atoms with Crippen LogP contribution in [0.25, 0.3) is 0 Å². The van der Waals surface area contributed by atoms with Crippen LogP contribution in [0.1, 0.15) is 23.2 Å². The van der Waals surface area contributed by atoms with Crippen LogP contribution >= 0.6 is 0 Å². The van der Waals surface area contributed by atoms with Crippen LogP contribution in [0.15, 0.2) is 18.2 Å². The number of hydrogen-bond donors (Lipinski definition) is 1. The molecule has 5 heteroatoms. The summed E-state index contributed by atoms with van der Waals surface area (Å²) in [6, 6.07) is 5.11. The van der Waals surface area contributed by atoms with E-state index in [1.807, 2.05) is 11.9 Å². The minimum absolute atomic E-state index is 0.325. The van der Waals surface area contributed by atoms with Crippen molar-refractivity contribution in [2.45, 2.75) is 12.8 Å². The molecule has 1 heterocycles. The number of methoxy groups -OCH3 is 1. The summed E-state index contributed by atoms with van der Waals surface area (Å²) in [4.78, 5) is 15.8. The van der Waals surface area contributed by atoms with Gasteiger partial charge in [0.2, 0.25) is 0 Å². The number of nitrogens with zero attached hydrogens (tertiary/aromatic N) is 2. The SMILES string of the molecule is COc1ccc(C(=O)O)c(N(C)CC2CCN(C)CC2)c1. The maximum atomic E-state index is 11.4. The molecule has 0 aromatic heterocycles. The van der Waals surface area contributed by atoms with E-state index in [2.05, 4.69) is 11.9 Å². The average Bonchev–Trinajstić information content (AvgIpc) is 2.48. The first-order chi connectivity index (χ1) is 10.0. The van der Waals surface area contributed by atoms with Crippen LogP contribution in [-0.4, -0.2) is 56.8 Å². The van der Waals surface area contributed by atoms with Crippen molar-refractivity contribution in [1.82, 2.24) is 4.90 Å². The fraction of sp³-hybridized carbons (Fsp3) is 0.562. The molecule has 0 radical (unpaired) electrons. The van der Waals surface area contributed by atoms with Crippen molar-refractivity contribution >= 4 is 11.7 Å². The van der Waals surface area contributed by atoms with E-state index in [9.17, 15) is 9.90 Å². The van der Waals surface area contributed by atoms with E-state index in [4.69, 9.17) is 4.74 Å². The highest BCUT2D eigenvalue weighted by Gasteiger charge is 2.21. The molecule has 0 saturated carbocycles. The zero-order valence-corrected chi connectivity index (χ0v) is 13.0. The first kappa shape index (κ1) is 15.6. The Kier molecular flexibility index (Phi) is 5.07. The van der Waals surface area contributed by atoms with Crippen LogP contribution in [0.2, 0.25) is 0 Å². The van der Waals surface area contributed by atoms with Gasteiger partial charge in [0.15, 0.2) is 0 Å². The number of ether oxygens (including phenoxy) is 1. The van der Waals surface area contributed by atoms with E-state index in [1.165, 1.54) is 0 Å². The lowest BCUT2D eigenvalue weighted by atomic mass is 9.96. The number of piperidine rings is 1. The van der Waals surface area contributed by atoms with E-state index in [0.29, 0.717) is 17.2 Å². The van der Waals surface area contributed by atoms with Gasteiger partial charge in [-0.25, -0.2) is 4.79 Å². The molecule has 21 heavy (non-hydrogen) atoms. The van der Waals surface area contributed by atoms with E-state index in [-0.39, 0.29) is 0 Å². The summed E-state index contributed by atoms with van der Waals surface area (Å²) < 4.78 is 5.22. The highest BCUT2D eigenvalue weighted by Crippen LogP contribution is 2.27. The lowest BCUT2D eigenvalue weighted by molar-refractivity contribution is 0.0697. The summed E-state index contributed by atoms with van der Waals surface area (Å²) in [5.74, 6) is 0.396. The van der Waals surface area contributed by atoms with Gasteiger partial charge in [-0.2, -0.15) is 0 Å².